The first-order chi connectivity index (χ1) is 18.6. The Morgan fingerprint density at radius 2 is 1.13 bits per heavy atom. The smallest absolute Gasteiger partial charge is 0.239 e. The van der Waals surface area contributed by atoms with Gasteiger partial charge in [-0.2, -0.15) is 0 Å². The number of nitrogens with zero attached hydrogens (tertiary/aromatic N) is 1. The van der Waals surface area contributed by atoms with Crippen molar-refractivity contribution in [2.75, 3.05) is 32.7 Å². The number of nitrogens with one attached hydrogen (secondary N) is 3. The number of carbonyl (C=O) groups excluding carboxylic acids is 6. The molecular formula is C27H46N6O6. The average molecular weight is 551 g/mol. The zero-order valence-electron chi connectivity index (χ0n) is 23.2. The van der Waals surface area contributed by atoms with Gasteiger partial charge >= 0.3 is 0 Å². The van der Waals surface area contributed by atoms with E-state index in [1.165, 1.54) is 11.8 Å². The second-order valence-electron chi connectivity index (χ2n) is 10.9. The fraction of sp³-hybridized carbons (Fsp3) is 0.778. The highest BCUT2D eigenvalue weighted by atomic mass is 16.2. The molecule has 2 saturated carbocycles. The number of rotatable bonds is 21. The normalized spacial score (nSPS) is 16.0. The van der Waals surface area contributed by atoms with Crippen LogP contribution in [0.5, 0.6) is 0 Å². The quantitative estimate of drug-likeness (QED) is 0.124. The first-order valence-electron chi connectivity index (χ1n) is 14.2. The van der Waals surface area contributed by atoms with Gasteiger partial charge in [-0.1, -0.05) is 12.8 Å². The van der Waals surface area contributed by atoms with Gasteiger partial charge in [0.05, 0.1) is 0 Å². The SMILES string of the molecule is CC(=O)NCCC(=O)N(CC(=O)NCCCCC(C(N)=O)C1CC1)CC(=O)NCCCCC(C(N)=O)C1CC1. The van der Waals surface area contributed by atoms with Crippen LogP contribution in [0.3, 0.4) is 0 Å². The summed E-state index contributed by atoms with van der Waals surface area (Å²) in [7, 11) is 0. The standard InChI is InChI=1S/C27H46N6O6/c1-18(34)30-15-12-25(37)33(16-23(35)31-13-4-2-6-21(26(28)38)19-8-9-19)17-24(36)32-14-5-3-7-22(27(29)39)20-10-11-20/h19-22H,2-17H2,1H3,(H2,28,38)(H2,29,39)(H,30,34)(H,31,35)(H,32,36). The van der Waals surface area contributed by atoms with Crippen LogP contribution >= 0.6 is 0 Å². The molecule has 2 aliphatic rings. The number of hydrogen-bond donors (Lipinski definition) is 5. The van der Waals surface area contributed by atoms with Gasteiger partial charge in [0.15, 0.2) is 0 Å². The minimum absolute atomic E-state index is 0.0362. The van der Waals surface area contributed by atoms with E-state index in [9.17, 15) is 28.8 Å². The van der Waals surface area contributed by atoms with Crippen molar-refractivity contribution in [2.24, 2.45) is 35.1 Å². The number of unbranched alkanes of at least 4 members (excludes halogenated alkanes) is 2. The Bertz CT molecular complexity index is 819. The molecule has 220 valence electrons. The van der Waals surface area contributed by atoms with Crippen LogP contribution in [0.4, 0.5) is 0 Å². The molecule has 0 spiro atoms. The monoisotopic (exact) mass is 550 g/mol. The molecule has 6 amide bonds. The van der Waals surface area contributed by atoms with Crippen LogP contribution < -0.4 is 27.4 Å². The summed E-state index contributed by atoms with van der Waals surface area (Å²) in [4.78, 5) is 73.1. The van der Waals surface area contributed by atoms with Crippen LogP contribution in [0.2, 0.25) is 0 Å². The molecule has 0 heterocycles. The van der Waals surface area contributed by atoms with Gasteiger partial charge < -0.3 is 32.3 Å². The summed E-state index contributed by atoms with van der Waals surface area (Å²) in [6.07, 6.45) is 8.40. The van der Waals surface area contributed by atoms with E-state index >= 15 is 0 Å². The average Bonchev–Trinajstić information content (AvgIpc) is 3.77. The topological polar surface area (TPSA) is 194 Å². The van der Waals surface area contributed by atoms with E-state index in [1.807, 2.05) is 0 Å². The zero-order chi connectivity index (χ0) is 28.8. The lowest BCUT2D eigenvalue weighted by atomic mass is 9.96. The van der Waals surface area contributed by atoms with E-state index in [1.54, 1.807) is 0 Å². The molecule has 2 unspecified atom stereocenters. The Labute approximate surface area is 230 Å². The van der Waals surface area contributed by atoms with Gasteiger partial charge in [0.25, 0.3) is 0 Å². The Kier molecular flexibility index (Phi) is 13.7. The van der Waals surface area contributed by atoms with Gasteiger partial charge in [-0.05, 0) is 63.2 Å². The molecule has 39 heavy (non-hydrogen) atoms. The third kappa shape index (κ3) is 13.4. The first kappa shape index (κ1) is 32.0. The molecule has 0 radical (unpaired) electrons. The van der Waals surface area contributed by atoms with Gasteiger partial charge in [0.2, 0.25) is 35.4 Å². The third-order valence-electron chi connectivity index (χ3n) is 7.38. The van der Waals surface area contributed by atoms with Crippen LogP contribution in [0.15, 0.2) is 0 Å². The van der Waals surface area contributed by atoms with Gasteiger partial charge in [0, 0.05) is 44.8 Å². The molecular weight excluding hydrogens is 504 g/mol. The van der Waals surface area contributed by atoms with E-state index in [0.29, 0.717) is 50.6 Å². The fourth-order valence-corrected chi connectivity index (χ4v) is 4.85. The highest BCUT2D eigenvalue weighted by molar-refractivity contribution is 5.89. The van der Waals surface area contributed by atoms with Crippen molar-refractivity contribution in [1.29, 1.82) is 0 Å². The van der Waals surface area contributed by atoms with Crippen molar-refractivity contribution >= 4 is 35.4 Å². The molecule has 0 aliphatic heterocycles. The van der Waals surface area contributed by atoms with Crippen LogP contribution in [-0.2, 0) is 28.8 Å². The summed E-state index contributed by atoms with van der Waals surface area (Å²) in [5.74, 6) is -1.39. The molecule has 2 atom stereocenters. The lowest BCUT2D eigenvalue weighted by Crippen LogP contribution is -2.46. The fourth-order valence-electron chi connectivity index (χ4n) is 4.85. The lowest BCUT2D eigenvalue weighted by molar-refractivity contribution is -0.139. The van der Waals surface area contributed by atoms with E-state index in [0.717, 1.165) is 38.5 Å². The molecule has 0 aromatic carbocycles. The van der Waals surface area contributed by atoms with Crippen LogP contribution in [-0.4, -0.2) is 73.1 Å². The molecule has 12 heteroatoms. The molecule has 2 fully saturated rings. The van der Waals surface area contributed by atoms with Crippen molar-refractivity contribution in [3.05, 3.63) is 0 Å². The molecule has 0 aromatic rings. The number of nitrogens with two attached hydrogens (primary N) is 2. The molecule has 2 aliphatic carbocycles. The number of carbonyl (C=O) groups is 6. The molecule has 2 rings (SSSR count). The maximum Gasteiger partial charge on any atom is 0.239 e. The predicted octanol–water partition coefficient (Wildman–Crippen LogP) is -0.0628. The molecule has 0 saturated heterocycles. The predicted molar refractivity (Wildman–Crippen MR) is 144 cm³/mol. The first-order valence-corrected chi connectivity index (χ1v) is 14.2. The summed E-state index contributed by atoms with van der Waals surface area (Å²) in [5.41, 5.74) is 11.0. The number of primary amides is 2. The van der Waals surface area contributed by atoms with Crippen molar-refractivity contribution in [2.45, 2.75) is 77.6 Å². The second kappa shape index (κ2) is 16.7. The Balaban J connectivity index is 1.72. The Hall–Kier alpha value is -3.18. The molecule has 7 N–H and O–H groups in total. The maximum absolute atomic E-state index is 12.7. The van der Waals surface area contributed by atoms with Crippen molar-refractivity contribution in [1.82, 2.24) is 20.9 Å². The van der Waals surface area contributed by atoms with E-state index in [2.05, 4.69) is 16.0 Å². The summed E-state index contributed by atoms with van der Waals surface area (Å²) >= 11 is 0. The van der Waals surface area contributed by atoms with Gasteiger partial charge in [-0.15, -0.1) is 0 Å². The molecule has 12 nitrogen and oxygen atoms in total. The summed E-state index contributed by atoms with van der Waals surface area (Å²) in [6, 6.07) is 0. The van der Waals surface area contributed by atoms with Crippen LogP contribution in [0.1, 0.15) is 77.6 Å². The van der Waals surface area contributed by atoms with Crippen molar-refractivity contribution in [3.8, 4) is 0 Å². The van der Waals surface area contributed by atoms with E-state index in [4.69, 9.17) is 11.5 Å². The molecule has 0 aromatic heterocycles. The van der Waals surface area contributed by atoms with Gasteiger partial charge in [-0.3, -0.25) is 28.8 Å². The van der Waals surface area contributed by atoms with Crippen LogP contribution in [0.25, 0.3) is 0 Å². The third-order valence-corrected chi connectivity index (χ3v) is 7.38. The maximum atomic E-state index is 12.7. The highest BCUT2D eigenvalue weighted by Gasteiger charge is 2.35. The summed E-state index contributed by atoms with van der Waals surface area (Å²) in [6.45, 7) is 1.68. The zero-order valence-corrected chi connectivity index (χ0v) is 23.2. The number of hydrogen-bond acceptors (Lipinski definition) is 6. The van der Waals surface area contributed by atoms with E-state index < -0.39 is 5.91 Å². The summed E-state index contributed by atoms with van der Waals surface area (Å²) in [5, 5.41) is 8.08. The Morgan fingerprint density at radius 1 is 0.692 bits per heavy atom. The Morgan fingerprint density at radius 3 is 1.49 bits per heavy atom. The minimum Gasteiger partial charge on any atom is -0.369 e. The van der Waals surface area contributed by atoms with Crippen molar-refractivity contribution in [3.63, 3.8) is 0 Å². The largest absolute Gasteiger partial charge is 0.369 e. The molecule has 0 bridgehead atoms. The van der Waals surface area contributed by atoms with Crippen LogP contribution in [0, 0.1) is 23.7 Å². The van der Waals surface area contributed by atoms with Gasteiger partial charge in [-0.25, -0.2) is 0 Å². The van der Waals surface area contributed by atoms with Gasteiger partial charge in [0.1, 0.15) is 13.1 Å². The lowest BCUT2D eigenvalue weighted by Gasteiger charge is -2.22. The highest BCUT2D eigenvalue weighted by Crippen LogP contribution is 2.39. The van der Waals surface area contributed by atoms with Crippen molar-refractivity contribution < 1.29 is 28.8 Å². The van der Waals surface area contributed by atoms with E-state index in [-0.39, 0.29) is 67.4 Å². The number of amides is 6. The summed E-state index contributed by atoms with van der Waals surface area (Å²) < 4.78 is 0. The minimum atomic E-state index is -0.420. The second-order valence-corrected chi connectivity index (χ2v) is 10.9.